The Morgan fingerprint density at radius 2 is 0.897 bits per heavy atom. The third kappa shape index (κ3) is 9.27. The number of imide groups is 6. The second-order valence-electron chi connectivity index (χ2n) is 17.4. The van der Waals surface area contributed by atoms with Gasteiger partial charge in [0.05, 0.1) is 14.5 Å². The molecule has 0 bridgehead atoms. The van der Waals surface area contributed by atoms with Crippen LogP contribution in [0.15, 0.2) is 166 Å². The van der Waals surface area contributed by atoms with Crippen molar-refractivity contribution in [3.8, 4) is 21.9 Å². The predicted octanol–water partition coefficient (Wildman–Crippen LogP) is 10.0. The van der Waals surface area contributed by atoms with Crippen molar-refractivity contribution in [1.29, 1.82) is 10.5 Å². The lowest BCUT2D eigenvalue weighted by Crippen LogP contribution is -2.50. The zero-order chi connectivity index (χ0) is 54.8. The van der Waals surface area contributed by atoms with Gasteiger partial charge in [0.15, 0.2) is 0 Å². The van der Waals surface area contributed by atoms with Crippen molar-refractivity contribution in [3.63, 3.8) is 0 Å². The molecule has 4 aromatic carbocycles. The second kappa shape index (κ2) is 21.4. The molecule has 10 rings (SSSR count). The fourth-order valence-corrected chi connectivity index (χ4v) is 12.6. The Kier molecular flexibility index (Phi) is 14.2. The molecule has 0 unspecified atom stereocenters. The van der Waals surface area contributed by atoms with E-state index in [1.807, 2.05) is 0 Å². The van der Waals surface area contributed by atoms with E-state index in [2.05, 4.69) is 9.98 Å². The summed E-state index contributed by atoms with van der Waals surface area (Å²) in [6.07, 6.45) is -2.67. The molecule has 0 saturated carbocycles. The van der Waals surface area contributed by atoms with Crippen molar-refractivity contribution in [2.24, 2.45) is 9.98 Å². The first-order valence-corrected chi connectivity index (χ1v) is 25.9. The number of thiophene rings is 3. The second-order valence-corrected chi connectivity index (χ2v) is 20.5. The van der Waals surface area contributed by atoms with Crippen LogP contribution in [0.4, 0.5) is 19.6 Å². The van der Waals surface area contributed by atoms with Gasteiger partial charge in [0.1, 0.15) is 71.1 Å². The Balaban J connectivity index is 1.10. The van der Waals surface area contributed by atoms with Crippen LogP contribution in [0.2, 0.25) is 0 Å². The van der Waals surface area contributed by atoms with Crippen molar-refractivity contribution >= 4 is 113 Å². The molecule has 0 N–H and O–H groups in total. The maximum atomic E-state index is 15.4. The molecule has 2 aliphatic heterocycles. The number of aliphatic imine (C=N–C) groups is 2. The fourth-order valence-electron chi connectivity index (χ4n) is 8.76. The molecule has 0 atom stereocenters. The summed E-state index contributed by atoms with van der Waals surface area (Å²) in [6.45, 7) is 1.51. The summed E-state index contributed by atoms with van der Waals surface area (Å²) in [6, 6.07) is 41.0. The largest absolute Gasteiger partial charge is 0.459 e. The fraction of sp³-hybridized carbons (Fsp3) is 0.123. The smallest absolute Gasteiger partial charge is 0.424 e. The average Bonchev–Trinajstić information content (AvgIpc) is 4.21. The van der Waals surface area contributed by atoms with Crippen LogP contribution in [-0.2, 0) is 79.6 Å². The molecule has 3 aromatic heterocycles. The van der Waals surface area contributed by atoms with Crippen molar-refractivity contribution in [2.75, 3.05) is 0 Å². The van der Waals surface area contributed by atoms with Gasteiger partial charge in [-0.3, -0.25) is 28.8 Å². The Morgan fingerprint density at radius 3 is 1.29 bits per heavy atom. The Bertz CT molecular complexity index is 3860. The molecule has 1 aliphatic carbocycles. The monoisotopic (exact) mass is 1090 g/mol. The van der Waals surface area contributed by atoms with E-state index < -0.39 is 75.7 Å². The number of esters is 2. The van der Waals surface area contributed by atoms with Crippen LogP contribution in [-0.4, -0.2) is 69.0 Å². The molecular weight excluding hydrogens is 1060 g/mol. The molecule has 18 nitrogen and oxygen atoms in total. The number of nitriles is 2. The van der Waals surface area contributed by atoms with Crippen molar-refractivity contribution in [3.05, 3.63) is 189 Å². The highest BCUT2D eigenvalue weighted by atomic mass is 32.1. The normalized spacial score (nSPS) is 15.8. The third-order valence-electron chi connectivity index (χ3n) is 12.6. The minimum Gasteiger partial charge on any atom is -0.459 e. The molecule has 21 heteroatoms. The summed E-state index contributed by atoms with van der Waals surface area (Å²) in [5, 5.41) is 20.4. The minimum absolute atomic E-state index is 0.0188. The van der Waals surface area contributed by atoms with Crippen LogP contribution in [0.3, 0.4) is 0 Å². The third-order valence-corrected chi connectivity index (χ3v) is 16.1. The number of carbonyl (C=O) groups is 8. The maximum absolute atomic E-state index is 15.4. The number of carbonyl (C=O) groups excluding carboxylic acids is 8. The van der Waals surface area contributed by atoms with Crippen LogP contribution in [0, 0.1) is 22.7 Å². The topological polar surface area (TPSA) is 252 Å². The summed E-state index contributed by atoms with van der Waals surface area (Å²) >= 11 is 3.05. The van der Waals surface area contributed by atoms with Gasteiger partial charge in [0, 0.05) is 27.0 Å². The molecule has 3 aliphatic rings. The lowest BCUT2D eigenvalue weighted by molar-refractivity contribution is -0.164. The highest BCUT2D eigenvalue weighted by Crippen LogP contribution is 2.62. The van der Waals surface area contributed by atoms with Gasteiger partial charge >= 0.3 is 24.1 Å². The zero-order valence-electron chi connectivity index (χ0n) is 40.8. The first-order valence-electron chi connectivity index (χ1n) is 23.5. The molecule has 0 saturated heterocycles. The van der Waals surface area contributed by atoms with Crippen LogP contribution >= 0.6 is 34.0 Å². The van der Waals surface area contributed by atoms with Crippen LogP contribution in [0.1, 0.15) is 47.2 Å². The van der Waals surface area contributed by atoms with E-state index in [-0.39, 0.29) is 68.5 Å². The number of nitrogens with zero attached hydrogens (tertiary/aromatic N) is 6. The Labute approximate surface area is 454 Å². The molecule has 0 radical (unpaired) electrons. The quantitative estimate of drug-likeness (QED) is 0.0478. The molecule has 78 heavy (non-hydrogen) atoms. The van der Waals surface area contributed by atoms with Gasteiger partial charge in [-0.1, -0.05) is 121 Å². The van der Waals surface area contributed by atoms with E-state index in [0.717, 1.165) is 34.0 Å². The number of fused-ring (bicyclic) bond motifs is 5. The number of hydrogen-bond acceptors (Lipinski definition) is 19. The molecular formula is C57H36N6O12S3. The van der Waals surface area contributed by atoms with Gasteiger partial charge in [-0.25, -0.2) is 19.6 Å². The van der Waals surface area contributed by atoms with Gasteiger partial charge in [0.2, 0.25) is 5.41 Å². The number of benzene rings is 4. The van der Waals surface area contributed by atoms with Crippen LogP contribution in [0.5, 0.6) is 0 Å². The number of hydrogen-bond donors (Lipinski definition) is 0. The molecule has 7 aromatic rings. The molecule has 5 heterocycles. The number of amides is 6. The van der Waals surface area contributed by atoms with E-state index in [1.54, 1.807) is 140 Å². The number of ether oxygens (including phenoxy) is 4. The maximum Gasteiger partial charge on any atom is 0.424 e. The predicted molar refractivity (Wildman–Crippen MR) is 284 cm³/mol. The minimum atomic E-state index is -2.42. The number of rotatable bonds is 12. The van der Waals surface area contributed by atoms with Gasteiger partial charge in [-0.2, -0.15) is 20.3 Å². The molecule has 0 spiro atoms. The first kappa shape index (κ1) is 51.7. The summed E-state index contributed by atoms with van der Waals surface area (Å²) in [5.41, 5.74) is -2.14. The lowest BCUT2D eigenvalue weighted by Gasteiger charge is -2.26. The summed E-state index contributed by atoms with van der Waals surface area (Å²) in [5.74, 6) is -6.86. The highest BCUT2D eigenvalue weighted by Gasteiger charge is 2.61. The van der Waals surface area contributed by atoms with Crippen LogP contribution < -0.4 is 0 Å². The van der Waals surface area contributed by atoms with E-state index in [4.69, 9.17) is 18.9 Å². The van der Waals surface area contributed by atoms with E-state index in [0.29, 0.717) is 41.4 Å². The van der Waals surface area contributed by atoms with Gasteiger partial charge < -0.3 is 18.9 Å². The highest BCUT2D eigenvalue weighted by molar-refractivity contribution is 7.33. The standard InChI is InChI=1S/C57H36N6O12S3/c1-31-37(25-58)49(64)62(55(70)74-29-35-19-11-5-12-20-35)51(66)44(31)60-41-23-39-46(77-41)48-43(57(39,53(68)72-27-33-15-7-3-8-16-33)54(69)73-28-34-17-9-4-10-18-34)47-40(76-48)24-42(78-47)61-45-32(2)38(26-59)50(65)63(52(45)67)56(71)75-30-36-21-13-6-14-22-36/h3-24H,27-30H2,1-2H3. The van der Waals surface area contributed by atoms with Gasteiger partial charge in [-0.05, 0) is 48.2 Å². The summed E-state index contributed by atoms with van der Waals surface area (Å²) < 4.78 is 23.6. The first-order chi connectivity index (χ1) is 37.7. The lowest BCUT2D eigenvalue weighted by atomic mass is 9.79. The van der Waals surface area contributed by atoms with E-state index in [9.17, 15) is 39.3 Å². The zero-order valence-corrected chi connectivity index (χ0v) is 43.3. The van der Waals surface area contributed by atoms with E-state index >= 15 is 9.59 Å². The average molecular weight is 1090 g/mol. The van der Waals surface area contributed by atoms with Crippen LogP contribution in [0.25, 0.3) is 19.2 Å². The summed E-state index contributed by atoms with van der Waals surface area (Å²) in [4.78, 5) is 123. The molecule has 384 valence electrons. The molecule has 0 fully saturated rings. The van der Waals surface area contributed by atoms with Crippen molar-refractivity contribution in [1.82, 2.24) is 9.80 Å². The van der Waals surface area contributed by atoms with E-state index in [1.165, 1.54) is 19.9 Å². The Morgan fingerprint density at radius 1 is 0.513 bits per heavy atom. The van der Waals surface area contributed by atoms with Gasteiger partial charge in [-0.15, -0.1) is 34.0 Å². The van der Waals surface area contributed by atoms with Crippen molar-refractivity contribution < 1.29 is 57.3 Å². The Hall–Kier alpha value is -9.80. The SMILES string of the molecule is CC1=C(C#N)C(=O)N(C(=O)OCc2ccccc2)C(=O)C1=Nc1cc2c(s1)-c1sc3cc(N=C4C(=O)N(C(=O)OCc5ccccc5)C(=O)C(C#N)=C4C)sc3c1C2(C(=O)OCc1ccccc1)C(=O)OCc1ccccc1. The summed E-state index contributed by atoms with van der Waals surface area (Å²) in [7, 11) is 0. The van der Waals surface area contributed by atoms with Crippen molar-refractivity contribution in [2.45, 2.75) is 45.7 Å². The van der Waals surface area contributed by atoms with Gasteiger partial charge in [0.25, 0.3) is 23.6 Å². The molecule has 6 amide bonds.